The molecule has 2 nitrogen and oxygen atoms in total. The molecule has 0 radical (unpaired) electrons. The van der Waals surface area contributed by atoms with E-state index in [9.17, 15) is 0 Å². The summed E-state index contributed by atoms with van der Waals surface area (Å²) in [5.41, 5.74) is 0. The van der Waals surface area contributed by atoms with Crippen LogP contribution in [0.5, 0.6) is 0 Å². The molecule has 0 aliphatic carbocycles. The Morgan fingerprint density at radius 2 is 0.941 bits per heavy atom. The minimum atomic E-state index is 0. The summed E-state index contributed by atoms with van der Waals surface area (Å²) in [5.74, 6) is 1.73. The summed E-state index contributed by atoms with van der Waals surface area (Å²) in [5, 5.41) is 0. The number of rotatable bonds is 6. The van der Waals surface area contributed by atoms with Crippen molar-refractivity contribution in [1.82, 2.24) is 0 Å². The van der Waals surface area contributed by atoms with Crippen molar-refractivity contribution in [3.05, 3.63) is 13.8 Å². The van der Waals surface area contributed by atoms with Gasteiger partial charge in [0.25, 0.3) is 0 Å². The van der Waals surface area contributed by atoms with E-state index in [1.54, 1.807) is 0 Å². The van der Waals surface area contributed by atoms with Crippen molar-refractivity contribution < 1.29 is 37.2 Å². The molecule has 0 atom stereocenters. The van der Waals surface area contributed by atoms with Crippen molar-refractivity contribution in [1.29, 1.82) is 0 Å². The average Bonchev–Trinajstić information content (AvgIpc) is 2.12. The molecule has 17 heavy (non-hydrogen) atoms. The van der Waals surface area contributed by atoms with Gasteiger partial charge in [0.1, 0.15) is 0 Å². The Balaban J connectivity index is -0.0000000480. The minimum absolute atomic E-state index is 0. The molecule has 0 saturated carbocycles. The van der Waals surface area contributed by atoms with Crippen LogP contribution in [0.25, 0.3) is 0 Å². The van der Waals surface area contributed by atoms with Crippen LogP contribution in [0.3, 0.4) is 0 Å². The molecule has 4 N–H and O–H groups in total. The van der Waals surface area contributed by atoms with E-state index in [4.69, 9.17) is 0 Å². The Labute approximate surface area is 129 Å². The fraction of sp³-hybridized carbons (Fsp3) is 0.857. The molecular weight excluding hydrogens is 291 g/mol. The van der Waals surface area contributed by atoms with Crippen LogP contribution in [0, 0.1) is 25.7 Å². The standard InChI is InChI=1S/2C7H15.2H2O.Zr/c2*1-4-5-6-7(2)3;;;/h2*7H,1,4-6H2,2-3H3;2*1H2;/q2*-1;;;+2. The van der Waals surface area contributed by atoms with Gasteiger partial charge < -0.3 is 24.8 Å². The zero-order chi connectivity index (χ0) is 11.4. The molecule has 106 valence electrons. The molecule has 0 saturated heterocycles. The second-order valence-corrected chi connectivity index (χ2v) is 4.78. The van der Waals surface area contributed by atoms with Crippen LogP contribution in [-0.4, -0.2) is 11.0 Å². The Bertz CT molecular complexity index is 84.2. The molecule has 0 rings (SSSR count). The first-order valence-electron chi connectivity index (χ1n) is 6.13. The first-order valence-corrected chi connectivity index (χ1v) is 6.13. The molecule has 0 fully saturated rings. The van der Waals surface area contributed by atoms with Crippen LogP contribution in [0.4, 0.5) is 0 Å². The molecule has 0 aromatic carbocycles. The third kappa shape index (κ3) is 47.5. The van der Waals surface area contributed by atoms with E-state index in [0.29, 0.717) is 0 Å². The second-order valence-electron chi connectivity index (χ2n) is 4.78. The van der Waals surface area contributed by atoms with E-state index in [1.807, 2.05) is 0 Å². The second kappa shape index (κ2) is 25.6. The van der Waals surface area contributed by atoms with Gasteiger partial charge >= 0.3 is 26.2 Å². The summed E-state index contributed by atoms with van der Waals surface area (Å²) in [6.07, 6.45) is 7.44. The summed E-state index contributed by atoms with van der Waals surface area (Å²) >= 11 is 0. The molecule has 0 amide bonds. The van der Waals surface area contributed by atoms with Gasteiger partial charge in [0.15, 0.2) is 0 Å². The normalized spacial score (nSPS) is 8.47. The van der Waals surface area contributed by atoms with Crippen LogP contribution >= 0.6 is 0 Å². The van der Waals surface area contributed by atoms with Crippen molar-refractivity contribution in [3.63, 3.8) is 0 Å². The van der Waals surface area contributed by atoms with Gasteiger partial charge in [-0.2, -0.15) is 12.8 Å². The molecule has 0 unspecified atom stereocenters. The smallest absolute Gasteiger partial charge is 0.412 e. The van der Waals surface area contributed by atoms with Gasteiger partial charge in [0.05, 0.1) is 0 Å². The summed E-state index contributed by atoms with van der Waals surface area (Å²) < 4.78 is 0. The largest absolute Gasteiger partial charge is 2.00 e. The minimum Gasteiger partial charge on any atom is -0.412 e. The zero-order valence-electron chi connectivity index (χ0n) is 12.3. The van der Waals surface area contributed by atoms with Gasteiger partial charge in [-0.25, -0.2) is 0 Å². The Kier molecular flexibility index (Phi) is 46.2. The molecule has 0 aliphatic rings. The molecular formula is C14H34O2Zr. The van der Waals surface area contributed by atoms with Gasteiger partial charge in [-0.3, -0.25) is 0 Å². The third-order valence-corrected chi connectivity index (χ3v) is 2.06. The van der Waals surface area contributed by atoms with E-state index in [2.05, 4.69) is 41.5 Å². The van der Waals surface area contributed by atoms with Gasteiger partial charge in [-0.05, 0) is 11.8 Å². The number of hydrogen-bond donors (Lipinski definition) is 0. The van der Waals surface area contributed by atoms with E-state index < -0.39 is 0 Å². The maximum atomic E-state index is 3.76. The first-order chi connectivity index (χ1) is 6.54. The summed E-state index contributed by atoms with van der Waals surface area (Å²) in [7, 11) is 0. The SMILES string of the molecule is O.O.[CH2-]CCCC(C)C.[CH2-]CCCC(C)C.[Zr+2]. The molecule has 0 bridgehead atoms. The fourth-order valence-electron chi connectivity index (χ4n) is 1.11. The van der Waals surface area contributed by atoms with Crippen LogP contribution < -0.4 is 0 Å². The maximum absolute atomic E-state index is 3.76. The van der Waals surface area contributed by atoms with E-state index in [0.717, 1.165) is 24.7 Å². The van der Waals surface area contributed by atoms with Gasteiger partial charge in [-0.1, -0.05) is 53.4 Å². The number of unbranched alkanes of at least 4 members (excludes halogenated alkanes) is 2. The van der Waals surface area contributed by atoms with Crippen LogP contribution in [-0.2, 0) is 26.2 Å². The first kappa shape index (κ1) is 30.7. The predicted octanol–water partition coefficient (Wildman–Crippen LogP) is 3.64. The maximum Gasteiger partial charge on any atom is 2.00 e. The summed E-state index contributed by atoms with van der Waals surface area (Å²) in [6, 6.07) is 0. The van der Waals surface area contributed by atoms with Crippen LogP contribution in [0.15, 0.2) is 0 Å². The summed E-state index contributed by atoms with van der Waals surface area (Å²) in [4.78, 5) is 0. The summed E-state index contributed by atoms with van der Waals surface area (Å²) in [6.45, 7) is 16.5. The molecule has 0 aromatic heterocycles. The Hall–Kier alpha value is 0.803. The molecule has 0 aliphatic heterocycles. The van der Waals surface area contributed by atoms with E-state index in [-0.39, 0.29) is 37.2 Å². The van der Waals surface area contributed by atoms with Crippen LogP contribution in [0.2, 0.25) is 0 Å². The topological polar surface area (TPSA) is 63.0 Å². The molecule has 0 spiro atoms. The van der Waals surface area contributed by atoms with Crippen molar-refractivity contribution in [2.45, 2.75) is 66.2 Å². The molecule has 3 heteroatoms. The van der Waals surface area contributed by atoms with E-state index >= 15 is 0 Å². The molecule has 0 heterocycles. The van der Waals surface area contributed by atoms with Crippen molar-refractivity contribution in [2.24, 2.45) is 11.8 Å². The van der Waals surface area contributed by atoms with Gasteiger partial charge in [0, 0.05) is 0 Å². The average molecular weight is 326 g/mol. The van der Waals surface area contributed by atoms with Crippen molar-refractivity contribution in [3.8, 4) is 0 Å². The van der Waals surface area contributed by atoms with Crippen molar-refractivity contribution >= 4 is 0 Å². The van der Waals surface area contributed by atoms with Crippen LogP contribution in [0.1, 0.15) is 66.2 Å². The third-order valence-electron chi connectivity index (χ3n) is 2.06. The van der Waals surface area contributed by atoms with Crippen molar-refractivity contribution in [2.75, 3.05) is 0 Å². The van der Waals surface area contributed by atoms with Gasteiger partial charge in [0.2, 0.25) is 0 Å². The Morgan fingerprint density at radius 1 is 0.706 bits per heavy atom. The monoisotopic (exact) mass is 324 g/mol. The predicted molar refractivity (Wildman–Crippen MR) is 75.3 cm³/mol. The zero-order valence-corrected chi connectivity index (χ0v) is 14.8. The number of hydrogen-bond acceptors (Lipinski definition) is 0. The van der Waals surface area contributed by atoms with Gasteiger partial charge in [-0.15, -0.1) is 0 Å². The fourth-order valence-corrected chi connectivity index (χ4v) is 1.11. The quantitative estimate of drug-likeness (QED) is 0.669. The molecule has 0 aromatic rings. The Morgan fingerprint density at radius 3 is 1.00 bits per heavy atom. The van der Waals surface area contributed by atoms with E-state index in [1.165, 1.54) is 25.7 Å².